The van der Waals surface area contributed by atoms with Gasteiger partial charge < -0.3 is 10.6 Å². The van der Waals surface area contributed by atoms with Gasteiger partial charge >= 0.3 is 0 Å². The van der Waals surface area contributed by atoms with Gasteiger partial charge in [0.05, 0.1) is 0 Å². The molecule has 0 rings (SSSR count). The molecule has 0 saturated heterocycles. The molecule has 0 atom stereocenters. The molecule has 0 unspecified atom stereocenters. The first-order valence-electron chi connectivity index (χ1n) is 5.56. The monoisotopic (exact) mass is 200 g/mol. The molecule has 2 N–H and O–H groups in total. The molecular formula is C12H28N2. The fourth-order valence-electron chi connectivity index (χ4n) is 1.74. The van der Waals surface area contributed by atoms with Gasteiger partial charge in [-0.25, -0.2) is 0 Å². The molecule has 0 heterocycles. The highest BCUT2D eigenvalue weighted by Crippen LogP contribution is 2.20. The van der Waals surface area contributed by atoms with Crippen molar-refractivity contribution in [3.63, 3.8) is 0 Å². The van der Waals surface area contributed by atoms with Crippen LogP contribution in [0.25, 0.3) is 0 Å². The van der Waals surface area contributed by atoms with Crippen molar-refractivity contribution in [2.24, 2.45) is 16.6 Å². The van der Waals surface area contributed by atoms with E-state index < -0.39 is 0 Å². The maximum atomic E-state index is 5.63. The van der Waals surface area contributed by atoms with Crippen molar-refractivity contribution >= 4 is 0 Å². The first-order valence-corrected chi connectivity index (χ1v) is 5.56. The van der Waals surface area contributed by atoms with Crippen LogP contribution in [0, 0.1) is 10.8 Å². The number of rotatable bonds is 4. The molecule has 0 radical (unpaired) electrons. The number of nitrogens with two attached hydrogens (primary N) is 1. The lowest BCUT2D eigenvalue weighted by Crippen LogP contribution is -2.41. The van der Waals surface area contributed by atoms with E-state index in [1.165, 1.54) is 0 Å². The molecule has 0 aliphatic rings. The molecule has 0 aliphatic heterocycles. The number of hydrogen-bond acceptors (Lipinski definition) is 2. The van der Waals surface area contributed by atoms with Crippen molar-refractivity contribution in [3.8, 4) is 0 Å². The van der Waals surface area contributed by atoms with E-state index >= 15 is 0 Å². The molecule has 0 aromatic carbocycles. The summed E-state index contributed by atoms with van der Waals surface area (Å²) in [6, 6.07) is 0. The molecule has 86 valence electrons. The minimum atomic E-state index is 0.362. The predicted octanol–water partition coefficient (Wildman–Crippen LogP) is 2.34. The zero-order valence-electron chi connectivity index (χ0n) is 10.9. The minimum Gasteiger partial charge on any atom is -0.329 e. The van der Waals surface area contributed by atoms with Crippen LogP contribution in [-0.2, 0) is 0 Å². The molecule has 0 aliphatic carbocycles. The second kappa shape index (κ2) is 5.13. The predicted molar refractivity (Wildman–Crippen MR) is 64.4 cm³/mol. The Balaban J connectivity index is 4.16. The van der Waals surface area contributed by atoms with Gasteiger partial charge in [0, 0.05) is 26.2 Å². The van der Waals surface area contributed by atoms with E-state index in [-0.39, 0.29) is 0 Å². The largest absolute Gasteiger partial charge is 0.329 e. The van der Waals surface area contributed by atoms with E-state index in [1.54, 1.807) is 0 Å². The fourth-order valence-corrected chi connectivity index (χ4v) is 1.74. The van der Waals surface area contributed by atoms with Crippen molar-refractivity contribution in [2.45, 2.75) is 41.5 Å². The molecule has 2 heteroatoms. The van der Waals surface area contributed by atoms with Crippen LogP contribution in [0.5, 0.6) is 0 Å². The maximum Gasteiger partial charge on any atom is 0.0105 e. The summed E-state index contributed by atoms with van der Waals surface area (Å²) in [5, 5.41) is 0. The van der Waals surface area contributed by atoms with Crippen molar-refractivity contribution < 1.29 is 0 Å². The van der Waals surface area contributed by atoms with Gasteiger partial charge in [-0.2, -0.15) is 0 Å². The van der Waals surface area contributed by atoms with Crippen molar-refractivity contribution in [3.05, 3.63) is 0 Å². The van der Waals surface area contributed by atoms with Crippen molar-refractivity contribution in [2.75, 3.05) is 26.2 Å². The lowest BCUT2D eigenvalue weighted by Gasteiger charge is -2.34. The van der Waals surface area contributed by atoms with Gasteiger partial charge in [-0.15, -0.1) is 0 Å². The summed E-state index contributed by atoms with van der Waals surface area (Å²) in [7, 11) is 0. The highest BCUT2D eigenvalue weighted by Gasteiger charge is 2.20. The topological polar surface area (TPSA) is 29.3 Å². The SMILES string of the molecule is CC(C)(C)CN(CCN)CC(C)(C)C. The summed E-state index contributed by atoms with van der Waals surface area (Å²) in [5.41, 5.74) is 6.35. The third-order valence-electron chi connectivity index (χ3n) is 1.84. The highest BCUT2D eigenvalue weighted by molar-refractivity contribution is 4.74. The zero-order chi connectivity index (χ0) is 11.4. The Morgan fingerprint density at radius 2 is 1.21 bits per heavy atom. The summed E-state index contributed by atoms with van der Waals surface area (Å²) < 4.78 is 0. The summed E-state index contributed by atoms with van der Waals surface area (Å²) in [5.74, 6) is 0. The van der Waals surface area contributed by atoms with Crippen LogP contribution in [0.1, 0.15) is 41.5 Å². The van der Waals surface area contributed by atoms with Crippen LogP contribution >= 0.6 is 0 Å². The van der Waals surface area contributed by atoms with Gasteiger partial charge in [0.2, 0.25) is 0 Å². The summed E-state index contributed by atoms with van der Waals surface area (Å²) in [4.78, 5) is 2.47. The molecular weight excluding hydrogens is 172 g/mol. The lowest BCUT2D eigenvalue weighted by molar-refractivity contribution is 0.145. The van der Waals surface area contributed by atoms with Gasteiger partial charge in [-0.05, 0) is 10.8 Å². The smallest absolute Gasteiger partial charge is 0.0105 e. The third kappa shape index (κ3) is 8.52. The van der Waals surface area contributed by atoms with Gasteiger partial charge in [0.15, 0.2) is 0 Å². The molecule has 0 amide bonds. The second-order valence-corrected chi connectivity index (χ2v) is 6.62. The van der Waals surface area contributed by atoms with E-state index in [2.05, 4.69) is 46.4 Å². The summed E-state index contributed by atoms with van der Waals surface area (Å²) in [6.45, 7) is 17.7. The molecule has 0 saturated carbocycles. The maximum absolute atomic E-state index is 5.63. The van der Waals surface area contributed by atoms with Crippen molar-refractivity contribution in [1.82, 2.24) is 4.90 Å². The molecule has 0 bridgehead atoms. The van der Waals surface area contributed by atoms with Crippen LogP contribution < -0.4 is 5.73 Å². The van der Waals surface area contributed by atoms with E-state index in [4.69, 9.17) is 5.73 Å². The Morgan fingerprint density at radius 1 is 0.857 bits per heavy atom. The standard InChI is InChI=1S/C12H28N2/c1-11(2,3)9-14(8-7-13)10-12(4,5)6/h7-10,13H2,1-6H3. The fraction of sp³-hybridized carbons (Fsp3) is 1.00. The molecule has 0 spiro atoms. The zero-order valence-corrected chi connectivity index (χ0v) is 10.9. The molecule has 0 fully saturated rings. The Morgan fingerprint density at radius 3 is 1.43 bits per heavy atom. The van der Waals surface area contributed by atoms with Crippen molar-refractivity contribution in [1.29, 1.82) is 0 Å². The summed E-state index contributed by atoms with van der Waals surface area (Å²) in [6.07, 6.45) is 0. The van der Waals surface area contributed by atoms with Gasteiger partial charge in [-0.1, -0.05) is 41.5 Å². The van der Waals surface area contributed by atoms with E-state index in [0.29, 0.717) is 10.8 Å². The van der Waals surface area contributed by atoms with E-state index in [9.17, 15) is 0 Å². The Hall–Kier alpha value is -0.0800. The highest BCUT2D eigenvalue weighted by atomic mass is 15.1. The Labute approximate surface area is 89.9 Å². The molecule has 2 nitrogen and oxygen atoms in total. The second-order valence-electron chi connectivity index (χ2n) is 6.62. The first kappa shape index (κ1) is 13.9. The Kier molecular flexibility index (Phi) is 5.10. The quantitative estimate of drug-likeness (QED) is 0.755. The molecule has 0 aromatic heterocycles. The van der Waals surface area contributed by atoms with Crippen LogP contribution in [-0.4, -0.2) is 31.1 Å². The number of hydrogen-bond donors (Lipinski definition) is 1. The minimum absolute atomic E-state index is 0.362. The van der Waals surface area contributed by atoms with Crippen LogP contribution in [0.2, 0.25) is 0 Å². The third-order valence-corrected chi connectivity index (χ3v) is 1.84. The lowest BCUT2D eigenvalue weighted by atomic mass is 9.92. The average molecular weight is 200 g/mol. The molecule has 14 heavy (non-hydrogen) atoms. The first-order chi connectivity index (χ1) is 6.14. The summed E-state index contributed by atoms with van der Waals surface area (Å²) >= 11 is 0. The van der Waals surface area contributed by atoms with Crippen LogP contribution in [0.4, 0.5) is 0 Å². The van der Waals surface area contributed by atoms with Crippen LogP contribution in [0.15, 0.2) is 0 Å². The number of nitrogens with zero attached hydrogens (tertiary/aromatic N) is 1. The van der Waals surface area contributed by atoms with Gasteiger partial charge in [0.1, 0.15) is 0 Å². The normalized spacial score (nSPS) is 13.7. The Bertz CT molecular complexity index is 135. The van der Waals surface area contributed by atoms with E-state index in [0.717, 1.165) is 26.2 Å². The van der Waals surface area contributed by atoms with Crippen LogP contribution in [0.3, 0.4) is 0 Å². The van der Waals surface area contributed by atoms with E-state index in [1.807, 2.05) is 0 Å². The van der Waals surface area contributed by atoms with Gasteiger partial charge in [-0.3, -0.25) is 0 Å². The molecule has 0 aromatic rings. The van der Waals surface area contributed by atoms with Gasteiger partial charge in [0.25, 0.3) is 0 Å². The average Bonchev–Trinajstić information content (AvgIpc) is 1.78.